The summed E-state index contributed by atoms with van der Waals surface area (Å²) in [5.41, 5.74) is 1.57. The van der Waals surface area contributed by atoms with Crippen molar-refractivity contribution in [3.63, 3.8) is 0 Å². The Morgan fingerprint density at radius 2 is 1.97 bits per heavy atom. The van der Waals surface area contributed by atoms with Gasteiger partial charge < -0.3 is 5.32 Å². The van der Waals surface area contributed by atoms with Crippen LogP contribution in [0.1, 0.15) is 55.6 Å². The van der Waals surface area contributed by atoms with Crippen LogP contribution in [0.15, 0.2) is 47.4 Å². The van der Waals surface area contributed by atoms with E-state index in [0.29, 0.717) is 23.0 Å². The molecule has 0 radical (unpaired) electrons. The van der Waals surface area contributed by atoms with Crippen molar-refractivity contribution in [2.24, 2.45) is 5.92 Å². The molecule has 0 spiro atoms. The third-order valence-electron chi connectivity index (χ3n) is 6.06. The third kappa shape index (κ3) is 5.00. The summed E-state index contributed by atoms with van der Waals surface area (Å²) in [6, 6.07) is 14.4. The molecular weight excluding hydrogens is 442 g/mol. The van der Waals surface area contributed by atoms with Gasteiger partial charge in [-0.05, 0) is 42.2 Å². The molecule has 1 unspecified atom stereocenters. The van der Waals surface area contributed by atoms with E-state index in [1.807, 2.05) is 30.3 Å². The number of nitrogens with zero attached hydrogens (tertiary/aromatic N) is 2. The first-order valence-electron chi connectivity index (χ1n) is 10.8. The topological polar surface area (TPSA) is 99.9 Å². The van der Waals surface area contributed by atoms with Crippen molar-refractivity contribution in [2.75, 3.05) is 11.6 Å². The van der Waals surface area contributed by atoms with Crippen LogP contribution >= 0.6 is 11.3 Å². The zero-order valence-corrected chi connectivity index (χ0v) is 19.5. The molecule has 1 fully saturated rings. The summed E-state index contributed by atoms with van der Waals surface area (Å²) in [6.07, 6.45) is 7.46. The average molecular weight is 468 g/mol. The fourth-order valence-corrected chi connectivity index (χ4v) is 6.13. The van der Waals surface area contributed by atoms with Crippen LogP contribution < -0.4 is 5.32 Å². The Morgan fingerprint density at radius 3 is 2.66 bits per heavy atom. The minimum absolute atomic E-state index is 0.00764. The molecule has 6 nitrogen and oxygen atoms in total. The van der Waals surface area contributed by atoms with Crippen LogP contribution in [0.5, 0.6) is 0 Å². The molecular formula is C24H25N3O3S2. The number of fused-ring (bicyclic) bond motifs is 1. The molecule has 0 bridgehead atoms. The summed E-state index contributed by atoms with van der Waals surface area (Å²) in [5, 5.41) is 13.0. The van der Waals surface area contributed by atoms with E-state index in [2.05, 4.69) is 10.3 Å². The number of carbonyl (C=O) groups excluding carboxylic acids is 1. The van der Waals surface area contributed by atoms with Crippen molar-refractivity contribution in [1.82, 2.24) is 4.98 Å². The number of para-hydroxylation sites is 1. The second-order valence-corrected chi connectivity index (χ2v) is 11.4. The zero-order chi connectivity index (χ0) is 22.7. The number of amides is 1. The Labute approximate surface area is 192 Å². The molecule has 166 valence electrons. The van der Waals surface area contributed by atoms with Crippen LogP contribution in [0.3, 0.4) is 0 Å². The van der Waals surface area contributed by atoms with E-state index in [1.165, 1.54) is 23.8 Å². The van der Waals surface area contributed by atoms with Gasteiger partial charge in [0.25, 0.3) is 0 Å². The van der Waals surface area contributed by atoms with E-state index >= 15 is 0 Å². The maximum Gasteiger partial charge on any atom is 0.233 e. The minimum atomic E-state index is -3.53. The highest BCUT2D eigenvalue weighted by molar-refractivity contribution is 7.90. The summed E-state index contributed by atoms with van der Waals surface area (Å²) >= 11 is 1.42. The molecule has 1 N–H and O–H groups in total. The van der Waals surface area contributed by atoms with Gasteiger partial charge in [-0.15, -0.1) is 0 Å². The average Bonchev–Trinajstić information content (AvgIpc) is 3.19. The summed E-state index contributed by atoms with van der Waals surface area (Å²) in [6.45, 7) is 0. The monoisotopic (exact) mass is 467 g/mol. The number of aromatic nitrogens is 1. The largest absolute Gasteiger partial charge is 0.301 e. The van der Waals surface area contributed by atoms with Crippen molar-refractivity contribution < 1.29 is 13.2 Å². The first-order chi connectivity index (χ1) is 15.3. The lowest BCUT2D eigenvalue weighted by Gasteiger charge is -2.26. The number of anilines is 1. The molecule has 0 saturated heterocycles. The quantitative estimate of drug-likeness (QED) is 0.533. The number of nitrogens with one attached hydrogen (secondary N) is 1. The maximum atomic E-state index is 13.4. The minimum Gasteiger partial charge on any atom is -0.301 e. The highest BCUT2D eigenvalue weighted by Crippen LogP contribution is 2.35. The molecule has 1 atom stereocenters. The van der Waals surface area contributed by atoms with Crippen LogP contribution in [-0.4, -0.2) is 25.6 Å². The molecule has 4 rings (SSSR count). The third-order valence-corrected chi connectivity index (χ3v) is 8.17. The Balaban J connectivity index is 1.66. The first kappa shape index (κ1) is 22.4. The van der Waals surface area contributed by atoms with Gasteiger partial charge in [-0.25, -0.2) is 13.4 Å². The molecule has 1 amide bonds. The summed E-state index contributed by atoms with van der Waals surface area (Å²) in [7, 11) is -3.53. The Kier molecular flexibility index (Phi) is 6.58. The van der Waals surface area contributed by atoms with Gasteiger partial charge in [0.15, 0.2) is 15.0 Å². The van der Waals surface area contributed by atoms with Crippen molar-refractivity contribution in [2.45, 2.75) is 49.3 Å². The van der Waals surface area contributed by atoms with E-state index in [1.54, 1.807) is 12.1 Å². The fourth-order valence-electron chi connectivity index (χ4n) is 4.44. The first-order valence-corrected chi connectivity index (χ1v) is 13.5. The molecule has 8 heteroatoms. The lowest BCUT2D eigenvalue weighted by Crippen LogP contribution is -2.24. The normalized spacial score (nSPS) is 15.9. The summed E-state index contributed by atoms with van der Waals surface area (Å²) in [4.78, 5) is 17.9. The molecule has 0 aliphatic heterocycles. The van der Waals surface area contributed by atoms with Gasteiger partial charge in [-0.2, -0.15) is 5.26 Å². The van der Waals surface area contributed by atoms with Crippen LogP contribution in [0.2, 0.25) is 0 Å². The summed E-state index contributed by atoms with van der Waals surface area (Å²) in [5.74, 6) is -0.230. The molecule has 1 aliphatic carbocycles. The molecule has 1 saturated carbocycles. The van der Waals surface area contributed by atoms with Crippen molar-refractivity contribution in [1.29, 1.82) is 5.26 Å². The summed E-state index contributed by atoms with van der Waals surface area (Å²) < 4.78 is 25.1. The number of carbonyl (C=O) groups is 1. The lowest BCUT2D eigenvalue weighted by atomic mass is 9.80. The van der Waals surface area contributed by atoms with Crippen LogP contribution in [0, 0.1) is 17.2 Å². The number of rotatable bonds is 6. The number of hydrogen-bond donors (Lipinski definition) is 1. The van der Waals surface area contributed by atoms with Gasteiger partial charge in [-0.3, -0.25) is 4.79 Å². The fraction of sp³-hybridized carbons (Fsp3) is 0.375. The van der Waals surface area contributed by atoms with Crippen molar-refractivity contribution in [3.8, 4) is 6.07 Å². The number of benzene rings is 2. The van der Waals surface area contributed by atoms with E-state index in [9.17, 15) is 18.5 Å². The molecule has 1 aliphatic rings. The maximum absolute atomic E-state index is 13.4. The van der Waals surface area contributed by atoms with Crippen LogP contribution in [-0.2, 0) is 14.6 Å². The second kappa shape index (κ2) is 9.39. The second-order valence-electron chi connectivity index (χ2n) is 8.41. The number of sulfone groups is 1. The molecule has 2 aromatic carbocycles. The van der Waals surface area contributed by atoms with Gasteiger partial charge in [0.1, 0.15) is 6.07 Å². The van der Waals surface area contributed by atoms with Gasteiger partial charge in [0.05, 0.1) is 26.6 Å². The number of thiazole rings is 1. The van der Waals surface area contributed by atoms with Gasteiger partial charge in [0.2, 0.25) is 5.91 Å². The zero-order valence-electron chi connectivity index (χ0n) is 17.9. The van der Waals surface area contributed by atoms with Crippen LogP contribution in [0.4, 0.5) is 5.13 Å². The van der Waals surface area contributed by atoms with E-state index in [0.717, 1.165) is 42.2 Å². The lowest BCUT2D eigenvalue weighted by molar-refractivity contribution is -0.118. The predicted octanol–water partition coefficient (Wildman–Crippen LogP) is 5.26. The van der Waals surface area contributed by atoms with Crippen molar-refractivity contribution in [3.05, 3.63) is 53.6 Å². The molecule has 1 heterocycles. The number of nitriles is 1. The highest BCUT2D eigenvalue weighted by atomic mass is 32.2. The Morgan fingerprint density at radius 1 is 1.22 bits per heavy atom. The standard InChI is InChI=1S/C24H25N3O3S2/c1-32(29,30)22-12-11-17(14-18(22)15-25)19(13-16-7-3-2-4-8-16)23(28)27-24-26-20-9-5-6-10-21(20)31-24/h5-6,9-12,14,16,19H,2-4,7-8,13H2,1H3,(H,26,27,28). The van der Waals surface area contributed by atoms with E-state index in [4.69, 9.17) is 0 Å². The highest BCUT2D eigenvalue weighted by Gasteiger charge is 2.28. The molecule has 32 heavy (non-hydrogen) atoms. The van der Waals surface area contributed by atoms with Crippen LogP contribution in [0.25, 0.3) is 10.2 Å². The van der Waals surface area contributed by atoms with Crippen molar-refractivity contribution >= 4 is 42.4 Å². The van der Waals surface area contributed by atoms with Gasteiger partial charge >= 0.3 is 0 Å². The predicted molar refractivity (Wildman–Crippen MR) is 126 cm³/mol. The molecule has 3 aromatic rings. The van der Waals surface area contributed by atoms with E-state index < -0.39 is 15.8 Å². The van der Waals surface area contributed by atoms with Gasteiger partial charge in [0, 0.05) is 6.26 Å². The van der Waals surface area contributed by atoms with Gasteiger partial charge in [-0.1, -0.05) is 61.6 Å². The Bertz CT molecular complexity index is 1250. The smallest absolute Gasteiger partial charge is 0.233 e. The van der Waals surface area contributed by atoms with E-state index in [-0.39, 0.29) is 16.4 Å². The number of hydrogen-bond acceptors (Lipinski definition) is 6. The Hall–Kier alpha value is -2.76. The molecule has 1 aromatic heterocycles. The SMILES string of the molecule is CS(=O)(=O)c1ccc(C(CC2CCCCC2)C(=O)Nc2nc3ccccc3s2)cc1C#N.